The number of aromatic nitrogens is 3. The number of nitrogens with one attached hydrogen (secondary N) is 3. The molecule has 2 saturated carbocycles. The third-order valence-electron chi connectivity index (χ3n) is 8.94. The zero-order valence-electron chi connectivity index (χ0n) is 28.7. The van der Waals surface area contributed by atoms with Gasteiger partial charge in [-0.1, -0.05) is 0 Å². The van der Waals surface area contributed by atoms with Crippen LogP contribution in [0.1, 0.15) is 81.8 Å². The molecule has 2 spiro atoms. The van der Waals surface area contributed by atoms with Crippen molar-refractivity contribution in [2.45, 2.75) is 83.9 Å². The van der Waals surface area contributed by atoms with E-state index in [0.29, 0.717) is 87.8 Å². The van der Waals surface area contributed by atoms with Gasteiger partial charge in [-0.05, 0) is 83.3 Å². The molecule has 2 fully saturated rings. The molecule has 0 radical (unpaired) electrons. The fourth-order valence-corrected chi connectivity index (χ4v) is 6.29. The van der Waals surface area contributed by atoms with Crippen molar-refractivity contribution in [3.05, 3.63) is 40.1 Å². The highest BCUT2D eigenvalue weighted by Crippen LogP contribution is 2.59. The lowest BCUT2D eigenvalue weighted by molar-refractivity contribution is -0.156. The molecule has 1 amide bonds. The Morgan fingerprint density at radius 3 is 2.06 bits per heavy atom. The van der Waals surface area contributed by atoms with Crippen molar-refractivity contribution in [2.24, 2.45) is 5.41 Å². The fourth-order valence-electron chi connectivity index (χ4n) is 6.29. The van der Waals surface area contributed by atoms with E-state index in [2.05, 4.69) is 25.9 Å². The van der Waals surface area contributed by atoms with Crippen LogP contribution in [0.25, 0.3) is 0 Å². The number of carbonyl (C=O) groups excluding carboxylic acids is 2. The van der Waals surface area contributed by atoms with Crippen LogP contribution in [-0.4, -0.2) is 91.4 Å². The minimum Gasteiger partial charge on any atom is -0.460 e. The highest BCUT2D eigenvalue weighted by Gasteiger charge is 2.54. The van der Waals surface area contributed by atoms with E-state index in [4.69, 9.17) is 23.7 Å². The largest absolute Gasteiger partial charge is 0.460 e. The van der Waals surface area contributed by atoms with Crippen LogP contribution in [0, 0.1) is 12.3 Å². The molecule has 3 aliphatic rings. The Morgan fingerprint density at radius 1 is 0.854 bits per heavy atom. The highest BCUT2D eigenvalue weighted by atomic mass is 16.6. The maximum absolute atomic E-state index is 13.8. The molecule has 3 N–H and O–H groups in total. The Bertz CT molecular complexity index is 1470. The van der Waals surface area contributed by atoms with Crippen LogP contribution in [0.3, 0.4) is 0 Å². The third kappa shape index (κ3) is 9.52. The summed E-state index contributed by atoms with van der Waals surface area (Å²) in [5, 5.41) is 9.54. The van der Waals surface area contributed by atoms with Crippen molar-refractivity contribution in [1.82, 2.24) is 19.9 Å². The quantitative estimate of drug-likeness (QED) is 0.156. The molecule has 3 heterocycles. The van der Waals surface area contributed by atoms with Gasteiger partial charge in [-0.2, -0.15) is 0 Å². The van der Waals surface area contributed by atoms with E-state index in [1.54, 1.807) is 16.7 Å². The Hall–Kier alpha value is -3.59. The van der Waals surface area contributed by atoms with Crippen molar-refractivity contribution in [1.29, 1.82) is 0 Å². The molecular weight excluding hydrogens is 620 g/mol. The second kappa shape index (κ2) is 15.7. The van der Waals surface area contributed by atoms with Gasteiger partial charge in [-0.3, -0.25) is 19.0 Å². The van der Waals surface area contributed by atoms with Crippen molar-refractivity contribution >= 4 is 29.2 Å². The summed E-state index contributed by atoms with van der Waals surface area (Å²) < 4.78 is 28.9. The first-order valence-electron chi connectivity index (χ1n) is 16.9. The molecular formula is C34H50N6O8. The van der Waals surface area contributed by atoms with Crippen LogP contribution < -0.4 is 21.5 Å². The standard InChI is InChI=1S/C34H50N6O8/c1-24-21-25(31(43)40-29(24)30(42)39-34(40)10-8-33(6-7-33)9-11-34)38-27-22-26(36-23-37-27)35-12-14-45-16-18-47-20-19-46-17-15-44-13-5-28(41)48-32(2,3)4/h21-23H,5-20H2,1-4H3,(H,39,42)(H2,35,36,37,38). The number of ether oxygens (including phenoxy) is 5. The van der Waals surface area contributed by atoms with Gasteiger partial charge in [0.2, 0.25) is 0 Å². The number of anilines is 3. The average Bonchev–Trinajstić information content (AvgIpc) is 3.73. The number of esters is 1. The van der Waals surface area contributed by atoms with E-state index < -0.39 is 11.3 Å². The summed E-state index contributed by atoms with van der Waals surface area (Å²) in [6.45, 7) is 11.2. The smallest absolute Gasteiger partial charge is 0.308 e. The van der Waals surface area contributed by atoms with Gasteiger partial charge in [0, 0.05) is 12.6 Å². The molecule has 14 heteroatoms. The average molecular weight is 671 g/mol. The summed E-state index contributed by atoms with van der Waals surface area (Å²) in [4.78, 5) is 46.9. The highest BCUT2D eigenvalue weighted by molar-refractivity contribution is 5.97. The summed E-state index contributed by atoms with van der Waals surface area (Å²) in [7, 11) is 0. The fraction of sp³-hybridized carbons (Fsp3) is 0.676. The number of nitrogens with zero attached hydrogens (tertiary/aromatic N) is 3. The molecule has 0 unspecified atom stereocenters. The van der Waals surface area contributed by atoms with Gasteiger partial charge in [0.05, 0.1) is 59.3 Å². The second-order valence-electron chi connectivity index (χ2n) is 13.8. The Labute approximate surface area is 281 Å². The van der Waals surface area contributed by atoms with Gasteiger partial charge >= 0.3 is 5.97 Å². The lowest BCUT2D eigenvalue weighted by Crippen LogP contribution is -2.50. The van der Waals surface area contributed by atoms with E-state index in [0.717, 1.165) is 31.2 Å². The van der Waals surface area contributed by atoms with Crippen LogP contribution >= 0.6 is 0 Å². The van der Waals surface area contributed by atoms with Gasteiger partial charge in [-0.15, -0.1) is 0 Å². The van der Waals surface area contributed by atoms with Crippen molar-refractivity contribution in [2.75, 3.05) is 70.0 Å². The number of rotatable bonds is 18. The van der Waals surface area contributed by atoms with Crippen LogP contribution in [0.2, 0.25) is 0 Å². The van der Waals surface area contributed by atoms with Crippen molar-refractivity contribution in [3.8, 4) is 0 Å². The zero-order chi connectivity index (χ0) is 34.2. The van der Waals surface area contributed by atoms with E-state index in [1.165, 1.54) is 19.2 Å². The van der Waals surface area contributed by atoms with Crippen LogP contribution in [0.5, 0.6) is 0 Å². The summed E-state index contributed by atoms with van der Waals surface area (Å²) >= 11 is 0. The van der Waals surface area contributed by atoms with E-state index in [-0.39, 0.29) is 23.9 Å². The molecule has 48 heavy (non-hydrogen) atoms. The molecule has 5 rings (SSSR count). The SMILES string of the molecule is Cc1cc(Nc2cc(NCCOCCOCCOCCOCCC(=O)OC(C)(C)C)ncn2)c(=O)n2c1C(=O)NC21CCC2(CC2)CC1. The molecule has 0 bridgehead atoms. The van der Waals surface area contributed by atoms with Crippen LogP contribution in [0.15, 0.2) is 23.3 Å². The van der Waals surface area contributed by atoms with Crippen LogP contribution in [0.4, 0.5) is 17.3 Å². The molecule has 2 aliphatic carbocycles. The lowest BCUT2D eigenvalue weighted by Gasteiger charge is -2.39. The Kier molecular flexibility index (Phi) is 11.7. The predicted molar refractivity (Wildman–Crippen MR) is 179 cm³/mol. The second-order valence-corrected chi connectivity index (χ2v) is 13.8. The summed E-state index contributed by atoms with van der Waals surface area (Å²) in [5.41, 5.74) is 0.640. The molecule has 264 valence electrons. The number of hydrogen-bond donors (Lipinski definition) is 3. The number of hydrogen-bond acceptors (Lipinski definition) is 12. The van der Waals surface area contributed by atoms with E-state index in [9.17, 15) is 14.4 Å². The summed E-state index contributed by atoms with van der Waals surface area (Å²) in [6.07, 6.45) is 7.75. The van der Waals surface area contributed by atoms with E-state index >= 15 is 0 Å². The minimum absolute atomic E-state index is 0.175. The van der Waals surface area contributed by atoms with Gasteiger partial charge in [-0.25, -0.2) is 9.97 Å². The number of carbonyl (C=O) groups is 2. The molecule has 0 atom stereocenters. The molecule has 2 aromatic rings. The number of aryl methyl sites for hydroxylation is 1. The number of pyridine rings is 1. The number of amides is 1. The van der Waals surface area contributed by atoms with Crippen molar-refractivity contribution < 1.29 is 33.3 Å². The number of fused-ring (bicyclic) bond motifs is 2. The summed E-state index contributed by atoms with van der Waals surface area (Å²) in [6, 6.07) is 3.46. The van der Waals surface area contributed by atoms with Gasteiger partial charge in [0.25, 0.3) is 11.5 Å². The predicted octanol–water partition coefficient (Wildman–Crippen LogP) is 3.65. The normalized spacial score (nSPS) is 17.3. The van der Waals surface area contributed by atoms with Gasteiger partial charge in [0.15, 0.2) is 0 Å². The molecule has 0 aromatic carbocycles. The maximum Gasteiger partial charge on any atom is 0.308 e. The first-order valence-corrected chi connectivity index (χ1v) is 16.9. The first-order chi connectivity index (χ1) is 23.0. The van der Waals surface area contributed by atoms with Gasteiger partial charge in [0.1, 0.15) is 40.6 Å². The topological polar surface area (TPSA) is 164 Å². The monoisotopic (exact) mass is 670 g/mol. The Balaban J connectivity index is 0.956. The lowest BCUT2D eigenvalue weighted by atomic mass is 9.79. The minimum atomic E-state index is -0.654. The molecule has 0 saturated heterocycles. The first kappa shape index (κ1) is 35.7. The zero-order valence-corrected chi connectivity index (χ0v) is 28.7. The third-order valence-corrected chi connectivity index (χ3v) is 8.94. The maximum atomic E-state index is 13.8. The molecule has 14 nitrogen and oxygen atoms in total. The van der Waals surface area contributed by atoms with Crippen LogP contribution in [-0.2, 0) is 34.1 Å². The summed E-state index contributed by atoms with van der Waals surface area (Å²) in [5.74, 6) is 0.612. The van der Waals surface area contributed by atoms with Gasteiger partial charge < -0.3 is 39.6 Å². The molecule has 2 aromatic heterocycles. The Morgan fingerprint density at radius 2 is 1.44 bits per heavy atom. The van der Waals surface area contributed by atoms with E-state index in [1.807, 2.05) is 27.7 Å². The molecule has 1 aliphatic heterocycles. The van der Waals surface area contributed by atoms with Crippen molar-refractivity contribution in [3.63, 3.8) is 0 Å².